The van der Waals surface area contributed by atoms with E-state index >= 15 is 0 Å². The molecule has 1 saturated heterocycles. The number of carbonyl (C=O) groups is 2. The van der Waals surface area contributed by atoms with Crippen LogP contribution >= 0.6 is 0 Å². The topological polar surface area (TPSA) is 77.8 Å². The second-order valence-electron chi connectivity index (χ2n) is 7.15. The van der Waals surface area contributed by atoms with E-state index in [0.29, 0.717) is 31.7 Å². The minimum atomic E-state index is -0.559. The Morgan fingerprint density at radius 3 is 2.69 bits per heavy atom. The van der Waals surface area contributed by atoms with Crippen molar-refractivity contribution in [2.45, 2.75) is 19.9 Å². The molecular weight excluding hydrogens is 372 g/mol. The van der Waals surface area contributed by atoms with Gasteiger partial charge in [0.25, 0.3) is 11.5 Å². The molecule has 7 nitrogen and oxygen atoms in total. The highest BCUT2D eigenvalue weighted by atomic mass is 16.5. The highest BCUT2D eigenvalue weighted by Gasteiger charge is 2.30. The molecule has 1 unspecified atom stereocenters. The second-order valence-corrected chi connectivity index (χ2v) is 7.15. The van der Waals surface area contributed by atoms with E-state index in [1.54, 1.807) is 23.8 Å². The number of hydrogen-bond donors (Lipinski definition) is 0. The third-order valence-electron chi connectivity index (χ3n) is 5.16. The number of methoxy groups -OCH3 is 1. The molecule has 1 aromatic heterocycles. The third kappa shape index (κ3) is 4.92. The van der Waals surface area contributed by atoms with E-state index in [2.05, 4.69) is 0 Å². The van der Waals surface area contributed by atoms with Crippen LogP contribution in [0.5, 0.6) is 0 Å². The Morgan fingerprint density at radius 2 is 1.97 bits per heavy atom. The fourth-order valence-electron chi connectivity index (χ4n) is 3.46. The predicted molar refractivity (Wildman–Crippen MR) is 108 cm³/mol. The lowest BCUT2D eigenvalue weighted by atomic mass is 10.1. The van der Waals surface area contributed by atoms with Crippen LogP contribution in [-0.2, 0) is 27.2 Å². The second kappa shape index (κ2) is 9.52. The van der Waals surface area contributed by atoms with Gasteiger partial charge in [0, 0.05) is 25.8 Å². The number of amides is 1. The van der Waals surface area contributed by atoms with Crippen molar-refractivity contribution >= 4 is 11.9 Å². The van der Waals surface area contributed by atoms with Gasteiger partial charge in [0.2, 0.25) is 0 Å². The molecule has 1 aliphatic heterocycles. The minimum Gasteiger partial charge on any atom is -0.469 e. The Bertz CT molecular complexity index is 923. The summed E-state index contributed by atoms with van der Waals surface area (Å²) in [6, 6.07) is 11.7. The van der Waals surface area contributed by atoms with E-state index in [4.69, 9.17) is 9.47 Å². The molecule has 3 rings (SSSR count). The number of aromatic nitrogens is 1. The zero-order chi connectivity index (χ0) is 20.8. The normalized spacial score (nSPS) is 16.9. The maximum Gasteiger partial charge on any atom is 0.312 e. The molecule has 0 bridgehead atoms. The summed E-state index contributed by atoms with van der Waals surface area (Å²) >= 11 is 0. The fraction of sp³-hybridized carbons (Fsp3) is 0.409. The molecule has 1 fully saturated rings. The Balaban J connectivity index is 1.82. The van der Waals surface area contributed by atoms with Crippen molar-refractivity contribution in [2.24, 2.45) is 5.92 Å². The van der Waals surface area contributed by atoms with Crippen LogP contribution < -0.4 is 5.56 Å². The van der Waals surface area contributed by atoms with Crippen molar-refractivity contribution in [2.75, 3.05) is 33.4 Å². The Hall–Kier alpha value is -2.93. The number of pyridine rings is 1. The van der Waals surface area contributed by atoms with Crippen LogP contribution in [0.15, 0.2) is 47.4 Å². The highest BCUT2D eigenvalue weighted by Crippen LogP contribution is 2.13. The van der Waals surface area contributed by atoms with Gasteiger partial charge in [-0.3, -0.25) is 14.4 Å². The van der Waals surface area contributed by atoms with Crippen LogP contribution in [0.4, 0.5) is 0 Å². The van der Waals surface area contributed by atoms with Crippen LogP contribution in [0.3, 0.4) is 0 Å². The first-order chi connectivity index (χ1) is 14.0. The van der Waals surface area contributed by atoms with E-state index in [0.717, 1.165) is 5.56 Å². The number of benzene rings is 1. The number of esters is 1. The summed E-state index contributed by atoms with van der Waals surface area (Å²) in [6.07, 6.45) is 2.42. The van der Waals surface area contributed by atoms with Crippen molar-refractivity contribution in [3.63, 3.8) is 0 Å². The van der Waals surface area contributed by atoms with E-state index in [9.17, 15) is 14.4 Å². The van der Waals surface area contributed by atoms with Gasteiger partial charge in [0.15, 0.2) is 0 Å². The van der Waals surface area contributed by atoms with Gasteiger partial charge in [-0.1, -0.05) is 30.3 Å². The molecule has 1 aromatic carbocycles. The van der Waals surface area contributed by atoms with Gasteiger partial charge in [0.05, 0.1) is 26.2 Å². The molecule has 154 valence electrons. The number of ether oxygens (including phenoxy) is 2. The number of aryl methyl sites for hydroxylation is 3. The molecule has 0 aliphatic carbocycles. The Kier molecular flexibility index (Phi) is 6.82. The van der Waals surface area contributed by atoms with E-state index in [1.165, 1.54) is 12.0 Å². The maximum absolute atomic E-state index is 13.2. The van der Waals surface area contributed by atoms with Crippen molar-refractivity contribution in [3.8, 4) is 0 Å². The van der Waals surface area contributed by atoms with Gasteiger partial charge < -0.3 is 18.9 Å². The van der Waals surface area contributed by atoms with Crippen LogP contribution in [0, 0.1) is 12.8 Å². The number of rotatable bonds is 5. The van der Waals surface area contributed by atoms with Gasteiger partial charge in [-0.15, -0.1) is 0 Å². The SMILES string of the molecule is COC(=O)C1COCCN(C(=O)c2c(C)ccn(CCc3ccccc3)c2=O)C1. The lowest BCUT2D eigenvalue weighted by Crippen LogP contribution is -2.42. The average molecular weight is 398 g/mol. The maximum atomic E-state index is 13.2. The molecular formula is C22H26N2O5. The van der Waals surface area contributed by atoms with Gasteiger partial charge in [-0.25, -0.2) is 0 Å². The van der Waals surface area contributed by atoms with Crippen molar-refractivity contribution in [3.05, 3.63) is 69.6 Å². The average Bonchev–Trinajstić information content (AvgIpc) is 3.00. The molecule has 1 aliphatic rings. The first-order valence-electron chi connectivity index (χ1n) is 9.70. The monoisotopic (exact) mass is 398 g/mol. The van der Waals surface area contributed by atoms with Crippen molar-refractivity contribution in [1.82, 2.24) is 9.47 Å². The molecule has 0 spiro atoms. The summed E-state index contributed by atoms with van der Waals surface area (Å²) in [5.41, 5.74) is 1.57. The van der Waals surface area contributed by atoms with Gasteiger partial charge in [0.1, 0.15) is 5.56 Å². The minimum absolute atomic E-state index is 0.145. The van der Waals surface area contributed by atoms with Gasteiger partial charge in [-0.05, 0) is 30.5 Å². The van der Waals surface area contributed by atoms with Crippen molar-refractivity contribution < 1.29 is 19.1 Å². The zero-order valence-corrected chi connectivity index (χ0v) is 16.8. The van der Waals surface area contributed by atoms with Crippen LogP contribution in [0.25, 0.3) is 0 Å². The van der Waals surface area contributed by atoms with Gasteiger partial charge in [-0.2, -0.15) is 0 Å². The Labute approximate surface area is 169 Å². The number of nitrogens with zero attached hydrogens (tertiary/aromatic N) is 2. The largest absolute Gasteiger partial charge is 0.469 e. The van der Waals surface area contributed by atoms with Crippen molar-refractivity contribution in [1.29, 1.82) is 0 Å². The summed E-state index contributed by atoms with van der Waals surface area (Å²) in [6.45, 7) is 3.24. The molecule has 2 aromatic rings. The van der Waals surface area contributed by atoms with E-state index in [-0.39, 0.29) is 30.2 Å². The number of hydrogen-bond acceptors (Lipinski definition) is 5. The smallest absolute Gasteiger partial charge is 0.312 e. The summed E-state index contributed by atoms with van der Waals surface area (Å²) in [4.78, 5) is 39.7. The fourth-order valence-corrected chi connectivity index (χ4v) is 3.46. The zero-order valence-electron chi connectivity index (χ0n) is 16.8. The molecule has 1 amide bonds. The predicted octanol–water partition coefficient (Wildman–Crippen LogP) is 1.66. The van der Waals surface area contributed by atoms with Crippen LogP contribution in [0.2, 0.25) is 0 Å². The summed E-state index contributed by atoms with van der Waals surface area (Å²) < 4.78 is 11.8. The van der Waals surface area contributed by atoms with Crippen LogP contribution in [-0.4, -0.2) is 54.8 Å². The summed E-state index contributed by atoms with van der Waals surface area (Å²) in [5.74, 6) is -1.36. The molecule has 0 N–H and O–H groups in total. The third-order valence-corrected chi connectivity index (χ3v) is 5.16. The molecule has 29 heavy (non-hydrogen) atoms. The summed E-state index contributed by atoms with van der Waals surface area (Å²) in [5, 5.41) is 0. The van der Waals surface area contributed by atoms with E-state index < -0.39 is 11.9 Å². The van der Waals surface area contributed by atoms with Crippen LogP contribution in [0.1, 0.15) is 21.5 Å². The summed E-state index contributed by atoms with van der Waals surface area (Å²) in [7, 11) is 1.31. The quantitative estimate of drug-likeness (QED) is 0.716. The first-order valence-corrected chi connectivity index (χ1v) is 9.70. The van der Waals surface area contributed by atoms with Gasteiger partial charge >= 0.3 is 5.97 Å². The Morgan fingerprint density at radius 1 is 1.21 bits per heavy atom. The molecule has 7 heteroatoms. The molecule has 0 saturated carbocycles. The molecule has 1 atom stereocenters. The van der Waals surface area contributed by atoms with E-state index in [1.807, 2.05) is 30.3 Å². The number of carbonyl (C=O) groups excluding carboxylic acids is 2. The molecule has 2 heterocycles. The standard InChI is InChI=1S/C22H26N2O5/c1-16-8-10-23(11-9-17-6-4-3-5-7-17)20(25)19(16)21(26)24-12-13-29-15-18(14-24)22(27)28-2/h3-8,10,18H,9,11-15H2,1-2H3. The first kappa shape index (κ1) is 20.8. The highest BCUT2D eigenvalue weighted by molar-refractivity contribution is 5.95. The molecule has 0 radical (unpaired) electrons. The lowest BCUT2D eigenvalue weighted by molar-refractivity contribution is -0.147. The lowest BCUT2D eigenvalue weighted by Gasteiger charge is -2.23.